The summed E-state index contributed by atoms with van der Waals surface area (Å²) < 4.78 is 5.34. The van der Waals surface area contributed by atoms with Crippen molar-refractivity contribution in [3.63, 3.8) is 0 Å². The van der Waals surface area contributed by atoms with Gasteiger partial charge < -0.3 is 9.84 Å². The molecule has 0 saturated heterocycles. The van der Waals surface area contributed by atoms with E-state index in [9.17, 15) is 9.90 Å². The fraction of sp³-hybridized carbons (Fsp3) is 0.533. The Bertz CT molecular complexity index is 393. The maximum atomic E-state index is 11.4. The molecular formula is C15H20O3. The monoisotopic (exact) mass is 248 g/mol. The highest BCUT2D eigenvalue weighted by atomic mass is 16.6. The van der Waals surface area contributed by atoms with Gasteiger partial charge in [-0.25, -0.2) is 4.79 Å². The number of aliphatic hydroxyl groups excluding tert-OH is 1. The molecule has 0 aromatic heterocycles. The van der Waals surface area contributed by atoms with E-state index >= 15 is 0 Å². The molecule has 2 aliphatic carbocycles. The quantitative estimate of drug-likeness (QED) is 0.462. The minimum atomic E-state index is -0.694. The van der Waals surface area contributed by atoms with Gasteiger partial charge in [0.1, 0.15) is 6.10 Å². The van der Waals surface area contributed by atoms with E-state index < -0.39 is 18.2 Å². The van der Waals surface area contributed by atoms with Crippen molar-refractivity contribution in [2.24, 2.45) is 0 Å². The number of aliphatic hydroxyl groups is 1. The van der Waals surface area contributed by atoms with Crippen molar-refractivity contribution in [2.45, 2.75) is 50.7 Å². The van der Waals surface area contributed by atoms with E-state index in [0.717, 1.165) is 55.7 Å². The van der Waals surface area contributed by atoms with Crippen LogP contribution in [0.15, 0.2) is 36.0 Å². The zero-order valence-corrected chi connectivity index (χ0v) is 10.6. The molecule has 0 aromatic rings. The Morgan fingerprint density at radius 2 is 1.89 bits per heavy atom. The summed E-state index contributed by atoms with van der Waals surface area (Å²) in [6.45, 7) is 3.41. The largest absolute Gasteiger partial charge is 0.452 e. The Morgan fingerprint density at radius 1 is 1.28 bits per heavy atom. The fourth-order valence-corrected chi connectivity index (χ4v) is 2.63. The van der Waals surface area contributed by atoms with Gasteiger partial charge in [-0.05, 0) is 49.7 Å². The molecule has 0 aliphatic heterocycles. The first-order valence-electron chi connectivity index (χ1n) is 6.61. The molecule has 2 aliphatic rings. The molecule has 1 N–H and O–H groups in total. The van der Waals surface area contributed by atoms with Gasteiger partial charge >= 0.3 is 5.97 Å². The topological polar surface area (TPSA) is 46.5 Å². The molecule has 0 bridgehead atoms. The maximum absolute atomic E-state index is 11.4. The van der Waals surface area contributed by atoms with E-state index in [-0.39, 0.29) is 0 Å². The van der Waals surface area contributed by atoms with E-state index in [0.29, 0.717) is 0 Å². The van der Waals surface area contributed by atoms with Crippen molar-refractivity contribution in [1.29, 1.82) is 0 Å². The van der Waals surface area contributed by atoms with Crippen LogP contribution in [0.4, 0.5) is 0 Å². The smallest absolute Gasteiger partial charge is 0.330 e. The van der Waals surface area contributed by atoms with Crippen LogP contribution in [0.1, 0.15) is 38.5 Å². The number of carbonyl (C=O) groups excluding carboxylic acids is 1. The summed E-state index contributed by atoms with van der Waals surface area (Å²) in [7, 11) is 0. The molecule has 0 fully saturated rings. The molecule has 0 radical (unpaired) electrons. The zero-order valence-electron chi connectivity index (χ0n) is 10.6. The minimum absolute atomic E-state index is 0.467. The molecule has 18 heavy (non-hydrogen) atoms. The van der Waals surface area contributed by atoms with Crippen molar-refractivity contribution in [3.05, 3.63) is 36.0 Å². The van der Waals surface area contributed by atoms with Crippen molar-refractivity contribution < 1.29 is 14.6 Å². The molecular weight excluding hydrogens is 228 g/mol. The molecule has 3 heteroatoms. The van der Waals surface area contributed by atoms with E-state index in [4.69, 9.17) is 4.74 Å². The third-order valence-corrected chi connectivity index (χ3v) is 3.59. The molecule has 0 spiro atoms. The van der Waals surface area contributed by atoms with Gasteiger partial charge in [0, 0.05) is 6.08 Å². The molecule has 0 heterocycles. The van der Waals surface area contributed by atoms with Crippen molar-refractivity contribution in [3.8, 4) is 0 Å². The SMILES string of the molecule is C=CC(=O)OC(C1=CCCC1)C(O)C1=CCCC1. The average Bonchev–Trinajstić information content (AvgIpc) is 3.06. The van der Waals surface area contributed by atoms with Gasteiger partial charge in [-0.1, -0.05) is 18.7 Å². The molecule has 2 atom stereocenters. The summed E-state index contributed by atoms with van der Waals surface area (Å²) in [4.78, 5) is 11.4. The van der Waals surface area contributed by atoms with Crippen LogP contribution in [-0.2, 0) is 9.53 Å². The van der Waals surface area contributed by atoms with Crippen LogP contribution < -0.4 is 0 Å². The van der Waals surface area contributed by atoms with Crippen LogP contribution in [0.3, 0.4) is 0 Å². The molecule has 0 saturated carbocycles. The zero-order chi connectivity index (χ0) is 13.0. The molecule has 0 aromatic carbocycles. The van der Waals surface area contributed by atoms with Gasteiger partial charge in [0.2, 0.25) is 0 Å². The molecule has 98 valence electrons. The van der Waals surface area contributed by atoms with Crippen LogP contribution in [0.5, 0.6) is 0 Å². The number of allylic oxidation sites excluding steroid dienone is 2. The van der Waals surface area contributed by atoms with E-state index in [1.165, 1.54) is 0 Å². The fourth-order valence-electron chi connectivity index (χ4n) is 2.63. The lowest BCUT2D eigenvalue weighted by Gasteiger charge is -2.25. The lowest BCUT2D eigenvalue weighted by molar-refractivity contribution is -0.145. The highest BCUT2D eigenvalue weighted by molar-refractivity contribution is 5.81. The lowest BCUT2D eigenvalue weighted by atomic mass is 9.97. The molecule has 2 unspecified atom stereocenters. The van der Waals surface area contributed by atoms with Crippen LogP contribution in [0, 0.1) is 0 Å². The minimum Gasteiger partial charge on any atom is -0.452 e. The van der Waals surface area contributed by atoms with Crippen LogP contribution in [0.25, 0.3) is 0 Å². The first-order chi connectivity index (χ1) is 8.72. The maximum Gasteiger partial charge on any atom is 0.330 e. The summed E-state index contributed by atoms with van der Waals surface area (Å²) in [5, 5.41) is 10.4. The summed E-state index contributed by atoms with van der Waals surface area (Å²) in [5.41, 5.74) is 2.05. The lowest BCUT2D eigenvalue weighted by Crippen LogP contribution is -2.33. The predicted molar refractivity (Wildman–Crippen MR) is 70.0 cm³/mol. The van der Waals surface area contributed by atoms with Gasteiger partial charge in [-0.3, -0.25) is 0 Å². The Kier molecular flexibility index (Phi) is 4.37. The first kappa shape index (κ1) is 13.1. The van der Waals surface area contributed by atoms with Gasteiger partial charge in [0.25, 0.3) is 0 Å². The highest BCUT2D eigenvalue weighted by Gasteiger charge is 2.30. The van der Waals surface area contributed by atoms with Crippen molar-refractivity contribution in [1.82, 2.24) is 0 Å². The number of rotatable bonds is 5. The molecule has 2 rings (SSSR count). The average molecular weight is 248 g/mol. The molecule has 0 amide bonds. The van der Waals surface area contributed by atoms with Gasteiger partial charge in [0.05, 0.1) is 0 Å². The number of hydrogen-bond donors (Lipinski definition) is 1. The number of esters is 1. The van der Waals surface area contributed by atoms with Crippen molar-refractivity contribution in [2.75, 3.05) is 0 Å². The van der Waals surface area contributed by atoms with Crippen LogP contribution >= 0.6 is 0 Å². The van der Waals surface area contributed by atoms with E-state index in [1.807, 2.05) is 0 Å². The van der Waals surface area contributed by atoms with Crippen LogP contribution in [0.2, 0.25) is 0 Å². The number of ether oxygens (including phenoxy) is 1. The van der Waals surface area contributed by atoms with Crippen molar-refractivity contribution >= 4 is 5.97 Å². The number of carbonyl (C=O) groups is 1. The van der Waals surface area contributed by atoms with Gasteiger partial charge in [-0.15, -0.1) is 0 Å². The normalized spacial score (nSPS) is 22.1. The van der Waals surface area contributed by atoms with Gasteiger partial charge in [-0.2, -0.15) is 0 Å². The third-order valence-electron chi connectivity index (χ3n) is 3.59. The summed E-state index contributed by atoms with van der Waals surface area (Å²) in [6, 6.07) is 0. The second-order valence-electron chi connectivity index (χ2n) is 4.85. The first-order valence-corrected chi connectivity index (χ1v) is 6.61. The standard InChI is InChI=1S/C15H20O3/c1-2-13(16)18-15(12-9-5-6-10-12)14(17)11-7-3-4-8-11/h2,7,9,14-15,17H,1,3-6,8,10H2. The predicted octanol–water partition coefficient (Wildman–Crippen LogP) is 2.67. The Morgan fingerprint density at radius 3 is 2.39 bits per heavy atom. The Hall–Kier alpha value is -1.35. The van der Waals surface area contributed by atoms with Crippen LogP contribution in [-0.4, -0.2) is 23.3 Å². The summed E-state index contributed by atoms with van der Waals surface area (Å²) >= 11 is 0. The molecule has 3 nitrogen and oxygen atoms in total. The second kappa shape index (κ2) is 6.01. The summed E-state index contributed by atoms with van der Waals surface area (Å²) in [6.07, 6.45) is 10.0. The number of hydrogen-bond acceptors (Lipinski definition) is 3. The van der Waals surface area contributed by atoms with E-state index in [1.54, 1.807) is 0 Å². The van der Waals surface area contributed by atoms with Gasteiger partial charge in [0.15, 0.2) is 6.10 Å². The third kappa shape index (κ3) is 2.91. The Balaban J connectivity index is 2.12. The summed E-state index contributed by atoms with van der Waals surface area (Å²) in [5.74, 6) is -0.467. The van der Waals surface area contributed by atoms with E-state index in [2.05, 4.69) is 18.7 Å². The second-order valence-corrected chi connectivity index (χ2v) is 4.85. The Labute approximate surface area is 108 Å². The highest BCUT2D eigenvalue weighted by Crippen LogP contribution is 2.30.